The molecule has 2 N–H and O–H groups in total. The Kier molecular flexibility index (Phi) is 8.16. The Labute approximate surface area is 198 Å². The molecule has 0 bridgehead atoms. The lowest BCUT2D eigenvalue weighted by atomic mass is 9.95. The maximum absolute atomic E-state index is 13.0. The summed E-state index contributed by atoms with van der Waals surface area (Å²) in [6.45, 7) is 2.67. The Balaban J connectivity index is 1.61. The summed E-state index contributed by atoms with van der Waals surface area (Å²) in [5.41, 5.74) is 1.49. The molecule has 9 heteroatoms. The van der Waals surface area contributed by atoms with Crippen LogP contribution in [-0.4, -0.2) is 49.9 Å². The van der Waals surface area contributed by atoms with Gasteiger partial charge in [0, 0.05) is 42.7 Å². The van der Waals surface area contributed by atoms with Crippen LogP contribution in [-0.2, 0) is 9.59 Å². The van der Waals surface area contributed by atoms with E-state index in [4.69, 9.17) is 21.1 Å². The van der Waals surface area contributed by atoms with Crippen LogP contribution in [0.3, 0.4) is 0 Å². The first kappa shape index (κ1) is 24.4. The molecule has 2 aromatic carbocycles. The monoisotopic (exact) mass is 473 g/mol. The number of methoxy groups -OCH3 is 2. The Morgan fingerprint density at radius 1 is 1.00 bits per heavy atom. The number of carbonyl (C=O) groups excluding carboxylic acids is 3. The molecule has 1 fully saturated rings. The van der Waals surface area contributed by atoms with Gasteiger partial charge in [0.25, 0.3) is 5.91 Å². The Morgan fingerprint density at radius 2 is 1.64 bits per heavy atom. The number of anilines is 2. The van der Waals surface area contributed by atoms with Crippen LogP contribution >= 0.6 is 11.6 Å². The van der Waals surface area contributed by atoms with E-state index in [0.717, 1.165) is 0 Å². The van der Waals surface area contributed by atoms with Crippen molar-refractivity contribution in [3.05, 3.63) is 47.0 Å². The number of carbonyl (C=O) groups is 3. The Morgan fingerprint density at radius 3 is 2.21 bits per heavy atom. The maximum atomic E-state index is 13.0. The van der Waals surface area contributed by atoms with E-state index in [1.165, 1.54) is 14.2 Å². The third-order valence-corrected chi connectivity index (χ3v) is 5.91. The smallest absolute Gasteiger partial charge is 0.254 e. The predicted octanol–water partition coefficient (Wildman–Crippen LogP) is 4.20. The summed E-state index contributed by atoms with van der Waals surface area (Å²) in [6.07, 6.45) is 1.41. The van der Waals surface area contributed by atoms with Crippen molar-refractivity contribution in [2.45, 2.75) is 26.2 Å². The lowest BCUT2D eigenvalue weighted by molar-refractivity contribution is -0.121. The van der Waals surface area contributed by atoms with E-state index in [9.17, 15) is 14.4 Å². The lowest BCUT2D eigenvalue weighted by Gasteiger charge is -2.31. The van der Waals surface area contributed by atoms with Crippen LogP contribution in [0.1, 0.15) is 36.5 Å². The molecule has 1 aliphatic rings. The Bertz CT molecular complexity index is 1010. The van der Waals surface area contributed by atoms with Gasteiger partial charge in [0.15, 0.2) is 0 Å². The highest BCUT2D eigenvalue weighted by Crippen LogP contribution is 2.29. The molecule has 1 saturated heterocycles. The average molecular weight is 474 g/mol. The van der Waals surface area contributed by atoms with Crippen molar-refractivity contribution in [2.24, 2.45) is 5.92 Å². The molecule has 8 nitrogen and oxygen atoms in total. The standard InChI is InChI=1S/C24H28ClN3O5/c1-4-22(29)26-17-5-6-20(25)21(13-17)27-23(30)15-7-9-28(10-8-15)24(31)16-11-18(32-2)14-19(12-16)33-3/h5-6,11-15H,4,7-10H2,1-3H3,(H,26,29)(H,27,30). The van der Waals surface area contributed by atoms with E-state index in [-0.39, 0.29) is 23.6 Å². The molecule has 176 valence electrons. The second-order valence-corrected chi connectivity index (χ2v) is 8.16. The van der Waals surface area contributed by atoms with Crippen LogP contribution in [0.25, 0.3) is 0 Å². The van der Waals surface area contributed by atoms with E-state index < -0.39 is 0 Å². The molecule has 1 aliphatic heterocycles. The van der Waals surface area contributed by atoms with E-state index in [2.05, 4.69) is 10.6 Å². The minimum atomic E-state index is -0.251. The molecule has 33 heavy (non-hydrogen) atoms. The average Bonchev–Trinajstić information content (AvgIpc) is 2.85. The van der Waals surface area contributed by atoms with Crippen molar-refractivity contribution in [2.75, 3.05) is 37.9 Å². The van der Waals surface area contributed by atoms with Gasteiger partial charge in [-0.3, -0.25) is 14.4 Å². The lowest BCUT2D eigenvalue weighted by Crippen LogP contribution is -2.41. The van der Waals surface area contributed by atoms with Crippen LogP contribution in [0.5, 0.6) is 11.5 Å². The van der Waals surface area contributed by atoms with E-state index >= 15 is 0 Å². The number of halogens is 1. The molecule has 1 heterocycles. The first-order valence-corrected chi connectivity index (χ1v) is 11.1. The van der Waals surface area contributed by atoms with Gasteiger partial charge < -0.3 is 25.0 Å². The number of piperidine rings is 1. The van der Waals surface area contributed by atoms with Gasteiger partial charge in [-0.25, -0.2) is 0 Å². The molecule has 3 amide bonds. The normalized spacial score (nSPS) is 13.9. The van der Waals surface area contributed by atoms with Gasteiger partial charge in [0.2, 0.25) is 11.8 Å². The number of benzene rings is 2. The minimum Gasteiger partial charge on any atom is -0.497 e. The number of rotatable bonds is 7. The molecule has 2 aromatic rings. The zero-order valence-electron chi connectivity index (χ0n) is 18.9. The fraction of sp³-hybridized carbons (Fsp3) is 0.375. The number of likely N-dealkylation sites (tertiary alicyclic amines) is 1. The van der Waals surface area contributed by atoms with Gasteiger partial charge in [-0.05, 0) is 43.2 Å². The van der Waals surface area contributed by atoms with Gasteiger partial charge >= 0.3 is 0 Å². The van der Waals surface area contributed by atoms with Crippen molar-refractivity contribution in [3.8, 4) is 11.5 Å². The summed E-state index contributed by atoms with van der Waals surface area (Å²) in [7, 11) is 3.07. The van der Waals surface area contributed by atoms with E-state index in [0.29, 0.717) is 65.8 Å². The number of amides is 3. The second kappa shape index (κ2) is 11.0. The molecular formula is C24H28ClN3O5. The zero-order chi connectivity index (χ0) is 24.0. The highest BCUT2D eigenvalue weighted by Gasteiger charge is 2.28. The molecule has 0 saturated carbocycles. The van der Waals surface area contributed by atoms with E-state index in [1.54, 1.807) is 48.2 Å². The summed E-state index contributed by atoms with van der Waals surface area (Å²) in [6, 6.07) is 10.0. The minimum absolute atomic E-state index is 0.125. The van der Waals surface area contributed by atoms with Gasteiger partial charge in [0.1, 0.15) is 11.5 Å². The second-order valence-electron chi connectivity index (χ2n) is 7.75. The summed E-state index contributed by atoms with van der Waals surface area (Å²) < 4.78 is 10.5. The zero-order valence-corrected chi connectivity index (χ0v) is 19.7. The van der Waals surface area contributed by atoms with Crippen molar-refractivity contribution < 1.29 is 23.9 Å². The summed E-state index contributed by atoms with van der Waals surface area (Å²) in [5.74, 6) is 0.418. The largest absolute Gasteiger partial charge is 0.497 e. The summed E-state index contributed by atoms with van der Waals surface area (Å²) >= 11 is 6.23. The Hall–Kier alpha value is -3.26. The highest BCUT2D eigenvalue weighted by atomic mass is 35.5. The van der Waals surface area contributed by atoms with Crippen LogP contribution < -0.4 is 20.1 Å². The number of ether oxygens (including phenoxy) is 2. The quantitative estimate of drug-likeness (QED) is 0.628. The molecule has 0 aliphatic carbocycles. The van der Waals surface area contributed by atoms with Gasteiger partial charge in [-0.2, -0.15) is 0 Å². The first-order chi connectivity index (χ1) is 15.8. The molecule has 0 unspecified atom stereocenters. The van der Waals surface area contributed by atoms with Crippen molar-refractivity contribution in [1.29, 1.82) is 0 Å². The van der Waals surface area contributed by atoms with Gasteiger partial charge in [-0.15, -0.1) is 0 Å². The molecule has 0 atom stereocenters. The third-order valence-electron chi connectivity index (χ3n) is 5.58. The number of hydrogen-bond donors (Lipinski definition) is 2. The highest BCUT2D eigenvalue weighted by molar-refractivity contribution is 6.33. The van der Waals surface area contributed by atoms with Crippen LogP contribution in [0.15, 0.2) is 36.4 Å². The molecule has 0 spiro atoms. The summed E-state index contributed by atoms with van der Waals surface area (Å²) in [4.78, 5) is 39.1. The number of nitrogens with zero attached hydrogens (tertiary/aromatic N) is 1. The van der Waals surface area contributed by atoms with Crippen molar-refractivity contribution in [3.63, 3.8) is 0 Å². The fourth-order valence-corrected chi connectivity index (χ4v) is 3.81. The topological polar surface area (TPSA) is 97.0 Å². The SMILES string of the molecule is CCC(=O)Nc1ccc(Cl)c(NC(=O)C2CCN(C(=O)c3cc(OC)cc(OC)c3)CC2)c1. The molecular weight excluding hydrogens is 446 g/mol. The first-order valence-electron chi connectivity index (χ1n) is 10.8. The predicted molar refractivity (Wildman–Crippen MR) is 127 cm³/mol. The van der Waals surface area contributed by atoms with Crippen LogP contribution in [0.4, 0.5) is 11.4 Å². The molecule has 3 rings (SSSR count). The summed E-state index contributed by atoms with van der Waals surface area (Å²) in [5, 5.41) is 6.00. The maximum Gasteiger partial charge on any atom is 0.254 e. The third kappa shape index (κ3) is 6.16. The van der Waals surface area contributed by atoms with Gasteiger partial charge in [-0.1, -0.05) is 18.5 Å². The van der Waals surface area contributed by atoms with E-state index in [1.807, 2.05) is 0 Å². The van der Waals surface area contributed by atoms with Gasteiger partial charge in [0.05, 0.1) is 24.9 Å². The fourth-order valence-electron chi connectivity index (χ4n) is 3.64. The van der Waals surface area contributed by atoms with Crippen molar-refractivity contribution in [1.82, 2.24) is 4.90 Å². The molecule has 0 radical (unpaired) electrons. The number of nitrogens with one attached hydrogen (secondary N) is 2. The van der Waals surface area contributed by atoms with Crippen LogP contribution in [0, 0.1) is 5.92 Å². The van der Waals surface area contributed by atoms with Crippen molar-refractivity contribution >= 4 is 40.7 Å². The molecule has 0 aromatic heterocycles. The van der Waals surface area contributed by atoms with Crippen LogP contribution in [0.2, 0.25) is 5.02 Å². The number of hydrogen-bond acceptors (Lipinski definition) is 5.